The molecule has 1 amide bonds. The molecule has 0 fully saturated rings. The molecule has 1 atom stereocenters. The first-order valence-corrected chi connectivity index (χ1v) is 6.29. The summed E-state index contributed by atoms with van der Waals surface area (Å²) >= 11 is 0. The van der Waals surface area contributed by atoms with E-state index in [9.17, 15) is 9.18 Å². The minimum atomic E-state index is -0.626. The van der Waals surface area contributed by atoms with Gasteiger partial charge in [0.1, 0.15) is 0 Å². The highest BCUT2D eigenvalue weighted by atomic mass is 19.1. The number of carbonyl (C=O) groups excluding carboxylic acids is 1. The average Bonchev–Trinajstić information content (AvgIpc) is 2.43. The van der Waals surface area contributed by atoms with Gasteiger partial charge in [-0.25, -0.2) is 9.37 Å². The second kappa shape index (κ2) is 7.68. The summed E-state index contributed by atoms with van der Waals surface area (Å²) < 4.78 is 19.0. The monoisotopic (exact) mass is 269 g/mol. The van der Waals surface area contributed by atoms with Crippen LogP contribution < -0.4 is 10.6 Å². The number of hydrogen-bond acceptors (Lipinski definition) is 4. The third-order valence-corrected chi connectivity index (χ3v) is 2.63. The third-order valence-electron chi connectivity index (χ3n) is 2.63. The van der Waals surface area contributed by atoms with Gasteiger partial charge in [0, 0.05) is 26.4 Å². The Hall–Kier alpha value is -1.69. The summed E-state index contributed by atoms with van der Waals surface area (Å²) in [4.78, 5) is 15.7. The van der Waals surface area contributed by atoms with Crippen molar-refractivity contribution in [1.29, 1.82) is 0 Å². The van der Waals surface area contributed by atoms with Gasteiger partial charge in [-0.05, 0) is 19.4 Å². The van der Waals surface area contributed by atoms with Crippen LogP contribution in [-0.4, -0.2) is 37.2 Å². The highest BCUT2D eigenvalue weighted by molar-refractivity contribution is 5.95. The van der Waals surface area contributed by atoms with Crippen LogP contribution in [0.5, 0.6) is 0 Å². The van der Waals surface area contributed by atoms with Crippen molar-refractivity contribution < 1.29 is 13.9 Å². The zero-order valence-corrected chi connectivity index (χ0v) is 11.5. The van der Waals surface area contributed by atoms with Gasteiger partial charge in [0.25, 0.3) is 5.91 Å². The molecule has 1 unspecified atom stereocenters. The molecule has 0 saturated carbocycles. The van der Waals surface area contributed by atoms with Crippen molar-refractivity contribution in [3.63, 3.8) is 0 Å². The molecule has 1 heterocycles. The molecule has 0 aromatic carbocycles. The number of pyridine rings is 1. The van der Waals surface area contributed by atoms with Crippen LogP contribution in [0, 0.1) is 5.82 Å². The van der Waals surface area contributed by atoms with E-state index in [1.807, 2.05) is 13.8 Å². The summed E-state index contributed by atoms with van der Waals surface area (Å²) in [6.07, 6.45) is 2.14. The smallest absolute Gasteiger partial charge is 0.254 e. The Bertz CT molecular complexity index is 426. The predicted molar refractivity (Wildman–Crippen MR) is 71.8 cm³/mol. The molecule has 2 N–H and O–H groups in total. The highest BCUT2D eigenvalue weighted by Gasteiger charge is 2.16. The second-order valence-electron chi connectivity index (χ2n) is 4.20. The van der Waals surface area contributed by atoms with Gasteiger partial charge in [0.05, 0.1) is 11.7 Å². The molecule has 0 spiro atoms. The van der Waals surface area contributed by atoms with Crippen LogP contribution in [0.4, 0.5) is 10.2 Å². The van der Waals surface area contributed by atoms with Crippen molar-refractivity contribution in [1.82, 2.24) is 10.3 Å². The Morgan fingerprint density at radius 3 is 2.95 bits per heavy atom. The molecule has 0 aliphatic rings. The number of amides is 1. The third kappa shape index (κ3) is 4.48. The molecule has 1 aromatic rings. The molecule has 1 rings (SSSR count). The van der Waals surface area contributed by atoms with Crippen molar-refractivity contribution in [2.24, 2.45) is 0 Å². The zero-order chi connectivity index (χ0) is 14.3. The summed E-state index contributed by atoms with van der Waals surface area (Å²) in [6.45, 7) is 4.72. The lowest BCUT2D eigenvalue weighted by atomic mass is 10.2. The van der Waals surface area contributed by atoms with E-state index in [-0.39, 0.29) is 17.5 Å². The quantitative estimate of drug-likeness (QED) is 0.792. The molecule has 5 nitrogen and oxygen atoms in total. The van der Waals surface area contributed by atoms with Gasteiger partial charge in [0.2, 0.25) is 0 Å². The Balaban J connectivity index is 2.74. The lowest BCUT2D eigenvalue weighted by Gasteiger charge is -2.12. The number of anilines is 1. The van der Waals surface area contributed by atoms with Gasteiger partial charge in [-0.1, -0.05) is 6.92 Å². The number of nitrogens with one attached hydrogen (secondary N) is 2. The molecule has 0 aliphatic carbocycles. The van der Waals surface area contributed by atoms with Crippen LogP contribution in [0.25, 0.3) is 0 Å². The van der Waals surface area contributed by atoms with Crippen LogP contribution >= 0.6 is 0 Å². The van der Waals surface area contributed by atoms with Crippen LogP contribution in [0.15, 0.2) is 12.3 Å². The fourth-order valence-corrected chi connectivity index (χ4v) is 1.40. The van der Waals surface area contributed by atoms with Crippen molar-refractivity contribution in [2.45, 2.75) is 26.4 Å². The van der Waals surface area contributed by atoms with Crippen molar-refractivity contribution in [2.75, 3.05) is 25.5 Å². The van der Waals surface area contributed by atoms with Crippen LogP contribution in [0.3, 0.4) is 0 Å². The number of halogens is 1. The summed E-state index contributed by atoms with van der Waals surface area (Å²) in [5, 5.41) is 5.46. The van der Waals surface area contributed by atoms with Crippen molar-refractivity contribution in [3.05, 3.63) is 23.6 Å². The Morgan fingerprint density at radius 2 is 2.32 bits per heavy atom. The van der Waals surface area contributed by atoms with E-state index in [0.717, 1.165) is 6.42 Å². The molecule has 0 saturated heterocycles. The largest absolute Gasteiger partial charge is 0.380 e. The molecule has 19 heavy (non-hydrogen) atoms. The Labute approximate surface area is 112 Å². The van der Waals surface area contributed by atoms with Crippen molar-refractivity contribution >= 4 is 11.7 Å². The number of ether oxygens (including phenoxy) is 1. The topological polar surface area (TPSA) is 63.2 Å². The fourth-order valence-electron chi connectivity index (χ4n) is 1.40. The van der Waals surface area contributed by atoms with Gasteiger partial charge in [-0.15, -0.1) is 0 Å². The van der Waals surface area contributed by atoms with Crippen LogP contribution in [-0.2, 0) is 4.74 Å². The van der Waals surface area contributed by atoms with Gasteiger partial charge in [-0.3, -0.25) is 4.79 Å². The molecular formula is C13H20FN3O2. The van der Waals surface area contributed by atoms with Gasteiger partial charge in [-0.2, -0.15) is 0 Å². The summed E-state index contributed by atoms with van der Waals surface area (Å²) in [5.41, 5.74) is -0.0168. The van der Waals surface area contributed by atoms with Gasteiger partial charge < -0.3 is 15.4 Å². The highest BCUT2D eigenvalue weighted by Crippen LogP contribution is 2.14. The molecular weight excluding hydrogens is 249 g/mol. The molecule has 106 valence electrons. The van der Waals surface area contributed by atoms with E-state index in [2.05, 4.69) is 15.6 Å². The van der Waals surface area contributed by atoms with Crippen LogP contribution in [0.1, 0.15) is 30.6 Å². The maximum absolute atomic E-state index is 14.0. The molecule has 0 aliphatic heterocycles. The maximum Gasteiger partial charge on any atom is 0.254 e. The first kappa shape index (κ1) is 15.4. The summed E-state index contributed by atoms with van der Waals surface area (Å²) in [7, 11) is 1.55. The van der Waals surface area contributed by atoms with Crippen molar-refractivity contribution in [3.8, 4) is 0 Å². The van der Waals surface area contributed by atoms with Crippen LogP contribution in [0.2, 0.25) is 0 Å². The van der Waals surface area contributed by atoms with E-state index in [1.165, 1.54) is 12.3 Å². The number of hydrogen-bond donors (Lipinski definition) is 2. The second-order valence-corrected chi connectivity index (χ2v) is 4.20. The lowest BCUT2D eigenvalue weighted by molar-refractivity contribution is 0.0867. The van der Waals surface area contributed by atoms with E-state index < -0.39 is 11.7 Å². The zero-order valence-electron chi connectivity index (χ0n) is 11.5. The molecule has 1 aromatic heterocycles. The van der Waals surface area contributed by atoms with E-state index >= 15 is 0 Å². The standard InChI is InChI=1S/C13H20FN3O2/c1-4-6-15-12-11(14)10(5-7-16-12)13(18)17-8-9(2)19-3/h5,7,9H,4,6,8H2,1-3H3,(H,15,16)(H,17,18). The lowest BCUT2D eigenvalue weighted by Crippen LogP contribution is -2.32. The summed E-state index contributed by atoms with van der Waals surface area (Å²) in [5.74, 6) is -0.990. The first-order chi connectivity index (χ1) is 9.10. The predicted octanol–water partition coefficient (Wildman–Crippen LogP) is 1.81. The molecule has 6 heteroatoms. The van der Waals surface area contributed by atoms with E-state index in [4.69, 9.17) is 4.74 Å². The minimum absolute atomic E-state index is 0.0168. The number of aromatic nitrogens is 1. The number of nitrogens with zero attached hydrogens (tertiary/aromatic N) is 1. The van der Waals surface area contributed by atoms with Gasteiger partial charge in [0.15, 0.2) is 11.6 Å². The van der Waals surface area contributed by atoms with Gasteiger partial charge >= 0.3 is 0 Å². The van der Waals surface area contributed by atoms with E-state index in [1.54, 1.807) is 7.11 Å². The molecule has 0 bridgehead atoms. The number of rotatable bonds is 7. The minimum Gasteiger partial charge on any atom is -0.380 e. The fraction of sp³-hybridized carbons (Fsp3) is 0.538. The average molecular weight is 269 g/mol. The van der Waals surface area contributed by atoms with E-state index in [0.29, 0.717) is 13.1 Å². The molecule has 0 radical (unpaired) electrons. The normalized spacial score (nSPS) is 12.0. The number of methoxy groups -OCH3 is 1. The Morgan fingerprint density at radius 1 is 1.58 bits per heavy atom. The Kier molecular flexibility index (Phi) is 6.21. The summed E-state index contributed by atoms with van der Waals surface area (Å²) in [6, 6.07) is 1.36. The SMILES string of the molecule is CCCNc1nccc(C(=O)NCC(C)OC)c1F. The maximum atomic E-state index is 14.0. The first-order valence-electron chi connectivity index (χ1n) is 6.29. The number of carbonyl (C=O) groups is 1.